The molecule has 3 N–H and O–H groups in total. The van der Waals surface area contributed by atoms with Gasteiger partial charge in [-0.15, -0.1) is 0 Å². The lowest BCUT2D eigenvalue weighted by molar-refractivity contribution is -0.383. The average Bonchev–Trinajstić information content (AvgIpc) is 2.47. The van der Waals surface area contributed by atoms with Gasteiger partial charge in [-0.25, -0.2) is 15.8 Å². The van der Waals surface area contributed by atoms with Gasteiger partial charge in [-0.2, -0.15) is 0 Å². The SMILES string of the molecule is COCC1CCCN(c2ncnc(NN)c2[N+](=O)[O-])C1. The minimum atomic E-state index is -0.509. The fourth-order valence-electron chi connectivity index (χ4n) is 2.50. The van der Waals surface area contributed by atoms with E-state index in [-0.39, 0.29) is 11.5 Å². The van der Waals surface area contributed by atoms with Gasteiger partial charge in [0.2, 0.25) is 11.6 Å². The Hall–Kier alpha value is -2.00. The number of hydrogen-bond acceptors (Lipinski definition) is 8. The number of piperidine rings is 1. The van der Waals surface area contributed by atoms with Gasteiger partial charge in [-0.3, -0.25) is 10.1 Å². The number of ether oxygens (including phenoxy) is 1. The predicted molar refractivity (Wildman–Crippen MR) is 73.3 cm³/mol. The number of nitro groups is 1. The lowest BCUT2D eigenvalue weighted by atomic mass is 9.99. The number of nitrogens with zero attached hydrogens (tertiary/aromatic N) is 4. The molecule has 0 saturated carbocycles. The van der Waals surface area contributed by atoms with E-state index in [0.717, 1.165) is 19.4 Å². The lowest BCUT2D eigenvalue weighted by Crippen LogP contribution is -2.38. The van der Waals surface area contributed by atoms with Gasteiger partial charge in [-0.05, 0) is 18.8 Å². The van der Waals surface area contributed by atoms with E-state index in [9.17, 15) is 10.1 Å². The van der Waals surface area contributed by atoms with E-state index in [2.05, 4.69) is 15.4 Å². The van der Waals surface area contributed by atoms with Gasteiger partial charge in [0.1, 0.15) is 6.33 Å². The maximum Gasteiger partial charge on any atom is 0.354 e. The second-order valence-corrected chi connectivity index (χ2v) is 4.71. The molecule has 0 aromatic carbocycles. The van der Waals surface area contributed by atoms with Crippen molar-refractivity contribution in [1.82, 2.24) is 9.97 Å². The maximum absolute atomic E-state index is 11.2. The van der Waals surface area contributed by atoms with Gasteiger partial charge in [-0.1, -0.05) is 0 Å². The number of aromatic nitrogens is 2. The molecule has 1 aliphatic heterocycles. The van der Waals surface area contributed by atoms with Gasteiger partial charge < -0.3 is 15.1 Å². The van der Waals surface area contributed by atoms with E-state index in [1.807, 2.05) is 4.90 Å². The average molecular weight is 282 g/mol. The number of hydrazine groups is 1. The summed E-state index contributed by atoms with van der Waals surface area (Å²) in [5, 5.41) is 11.2. The van der Waals surface area contributed by atoms with Crippen LogP contribution in [-0.4, -0.2) is 41.7 Å². The summed E-state index contributed by atoms with van der Waals surface area (Å²) in [5.74, 6) is 5.95. The van der Waals surface area contributed by atoms with Crippen LogP contribution < -0.4 is 16.2 Å². The highest BCUT2D eigenvalue weighted by molar-refractivity contribution is 5.69. The van der Waals surface area contributed by atoms with Crippen molar-refractivity contribution in [2.45, 2.75) is 12.8 Å². The normalized spacial score (nSPS) is 18.9. The molecule has 0 aliphatic carbocycles. The monoisotopic (exact) mass is 282 g/mol. The smallest absolute Gasteiger partial charge is 0.354 e. The van der Waals surface area contributed by atoms with Crippen LogP contribution in [0.4, 0.5) is 17.3 Å². The Morgan fingerprint density at radius 2 is 2.45 bits per heavy atom. The van der Waals surface area contributed by atoms with Crippen LogP contribution in [0.3, 0.4) is 0 Å². The first-order valence-corrected chi connectivity index (χ1v) is 6.37. The summed E-state index contributed by atoms with van der Waals surface area (Å²) >= 11 is 0. The molecule has 2 rings (SSSR count). The van der Waals surface area contributed by atoms with E-state index in [1.54, 1.807) is 7.11 Å². The molecule has 1 aromatic heterocycles. The summed E-state index contributed by atoms with van der Waals surface area (Å²) < 4.78 is 5.16. The zero-order valence-corrected chi connectivity index (χ0v) is 11.3. The summed E-state index contributed by atoms with van der Waals surface area (Å²) in [7, 11) is 1.66. The van der Waals surface area contributed by atoms with E-state index < -0.39 is 4.92 Å². The van der Waals surface area contributed by atoms with Gasteiger partial charge in [0.25, 0.3) is 0 Å². The second kappa shape index (κ2) is 6.44. The van der Waals surface area contributed by atoms with Crippen LogP contribution in [0, 0.1) is 16.0 Å². The highest BCUT2D eigenvalue weighted by Crippen LogP contribution is 2.33. The highest BCUT2D eigenvalue weighted by atomic mass is 16.6. The molecule has 2 heterocycles. The lowest BCUT2D eigenvalue weighted by Gasteiger charge is -2.32. The molecule has 1 aliphatic rings. The second-order valence-electron chi connectivity index (χ2n) is 4.71. The zero-order chi connectivity index (χ0) is 14.5. The van der Waals surface area contributed by atoms with Crippen LogP contribution in [0.25, 0.3) is 0 Å². The third kappa shape index (κ3) is 2.94. The molecule has 1 fully saturated rings. The molecule has 20 heavy (non-hydrogen) atoms. The first kappa shape index (κ1) is 14.4. The van der Waals surface area contributed by atoms with Crippen molar-refractivity contribution in [3.63, 3.8) is 0 Å². The van der Waals surface area contributed by atoms with Crippen molar-refractivity contribution in [2.24, 2.45) is 11.8 Å². The molecule has 0 spiro atoms. The number of anilines is 2. The molecule has 0 radical (unpaired) electrons. The van der Waals surface area contributed by atoms with Crippen LogP contribution >= 0.6 is 0 Å². The number of nitrogens with two attached hydrogens (primary N) is 1. The number of hydrogen-bond donors (Lipinski definition) is 2. The Bertz CT molecular complexity index is 481. The highest BCUT2D eigenvalue weighted by Gasteiger charge is 2.30. The van der Waals surface area contributed by atoms with Crippen molar-refractivity contribution < 1.29 is 9.66 Å². The Morgan fingerprint density at radius 3 is 3.10 bits per heavy atom. The van der Waals surface area contributed by atoms with E-state index >= 15 is 0 Å². The van der Waals surface area contributed by atoms with E-state index in [0.29, 0.717) is 24.9 Å². The van der Waals surface area contributed by atoms with E-state index in [4.69, 9.17) is 10.6 Å². The Kier molecular flexibility index (Phi) is 4.64. The fourth-order valence-corrected chi connectivity index (χ4v) is 2.50. The van der Waals surface area contributed by atoms with Crippen molar-refractivity contribution in [3.8, 4) is 0 Å². The third-order valence-corrected chi connectivity index (χ3v) is 3.34. The van der Waals surface area contributed by atoms with Gasteiger partial charge in [0.05, 0.1) is 11.5 Å². The minimum Gasteiger partial charge on any atom is -0.384 e. The first-order valence-electron chi connectivity index (χ1n) is 6.37. The number of rotatable bonds is 5. The first-order chi connectivity index (χ1) is 9.67. The molecule has 0 amide bonds. The van der Waals surface area contributed by atoms with Crippen molar-refractivity contribution in [2.75, 3.05) is 37.1 Å². The Labute approximate surface area is 116 Å². The van der Waals surface area contributed by atoms with E-state index in [1.165, 1.54) is 6.33 Å². The molecule has 9 nitrogen and oxygen atoms in total. The summed E-state index contributed by atoms with van der Waals surface area (Å²) in [6, 6.07) is 0. The molecular weight excluding hydrogens is 264 g/mol. The van der Waals surface area contributed by atoms with Crippen LogP contribution in [-0.2, 0) is 4.74 Å². The zero-order valence-electron chi connectivity index (χ0n) is 11.3. The van der Waals surface area contributed by atoms with Crippen LogP contribution in [0.1, 0.15) is 12.8 Å². The fraction of sp³-hybridized carbons (Fsp3) is 0.636. The van der Waals surface area contributed by atoms with Gasteiger partial charge in [0, 0.05) is 20.2 Å². The summed E-state index contributed by atoms with van der Waals surface area (Å²) in [5.41, 5.74) is 2.06. The van der Waals surface area contributed by atoms with Crippen LogP contribution in [0.15, 0.2) is 6.33 Å². The van der Waals surface area contributed by atoms with Gasteiger partial charge in [0.15, 0.2) is 0 Å². The summed E-state index contributed by atoms with van der Waals surface area (Å²) in [6.45, 7) is 2.04. The van der Waals surface area contributed by atoms with Crippen molar-refractivity contribution in [3.05, 3.63) is 16.4 Å². The van der Waals surface area contributed by atoms with Gasteiger partial charge >= 0.3 is 5.69 Å². The molecule has 9 heteroatoms. The molecule has 1 aromatic rings. The Balaban J connectivity index is 2.29. The predicted octanol–water partition coefficient (Wildman–Crippen LogP) is 0.533. The molecular formula is C11H18N6O3. The molecule has 110 valence electrons. The molecule has 1 atom stereocenters. The summed E-state index contributed by atoms with van der Waals surface area (Å²) in [6.07, 6.45) is 3.27. The standard InChI is InChI=1S/C11H18N6O3/c1-20-6-8-3-2-4-16(5-8)11-9(17(18)19)10(15-12)13-7-14-11/h7-8H,2-6,12H2,1H3,(H,13,14,15). The van der Waals surface area contributed by atoms with Crippen LogP contribution in [0.5, 0.6) is 0 Å². The topological polar surface area (TPSA) is 119 Å². The maximum atomic E-state index is 11.2. The van der Waals surface area contributed by atoms with Crippen LogP contribution in [0.2, 0.25) is 0 Å². The molecule has 1 saturated heterocycles. The largest absolute Gasteiger partial charge is 0.384 e. The van der Waals surface area contributed by atoms with Crippen molar-refractivity contribution in [1.29, 1.82) is 0 Å². The van der Waals surface area contributed by atoms with Crippen molar-refractivity contribution >= 4 is 17.3 Å². The Morgan fingerprint density at radius 1 is 1.65 bits per heavy atom. The quantitative estimate of drug-likeness (QED) is 0.456. The number of methoxy groups -OCH3 is 1. The molecule has 1 unspecified atom stereocenters. The third-order valence-electron chi connectivity index (χ3n) is 3.34. The number of nitrogens with one attached hydrogen (secondary N) is 1. The minimum absolute atomic E-state index is 0.0221. The summed E-state index contributed by atoms with van der Waals surface area (Å²) in [4.78, 5) is 20.5. The molecule has 0 bridgehead atoms. The number of nitrogen functional groups attached to an aromatic ring is 1.